The highest BCUT2D eigenvalue weighted by Gasteiger charge is 2.36. The Hall–Kier alpha value is -1.91. The Bertz CT molecular complexity index is 557. The molecule has 5 heteroatoms. The van der Waals surface area contributed by atoms with Crippen LogP contribution in [-0.4, -0.2) is 47.3 Å². The van der Waals surface area contributed by atoms with E-state index in [4.69, 9.17) is 0 Å². The Morgan fingerprint density at radius 1 is 1.29 bits per heavy atom. The molecule has 1 saturated carbocycles. The smallest absolute Gasteiger partial charge is 0.242 e. The molecule has 1 aromatic carbocycles. The quantitative estimate of drug-likeness (QED) is 0.845. The highest BCUT2D eigenvalue weighted by molar-refractivity contribution is 5.86. The summed E-state index contributed by atoms with van der Waals surface area (Å²) in [5.74, 6) is -0.251. The van der Waals surface area contributed by atoms with Crippen LogP contribution in [0, 0.1) is 5.82 Å². The number of amides is 2. The molecule has 2 fully saturated rings. The summed E-state index contributed by atoms with van der Waals surface area (Å²) < 4.78 is 13.1. The zero-order chi connectivity index (χ0) is 14.8. The maximum atomic E-state index is 13.1. The van der Waals surface area contributed by atoms with Crippen molar-refractivity contribution in [2.45, 2.75) is 31.7 Å². The lowest BCUT2D eigenvalue weighted by Gasteiger charge is -2.34. The predicted octanol–water partition coefficient (Wildman–Crippen LogP) is 1.59. The van der Waals surface area contributed by atoms with Crippen LogP contribution in [-0.2, 0) is 16.0 Å². The fraction of sp³-hybridized carbons (Fsp3) is 0.500. The van der Waals surface area contributed by atoms with Crippen molar-refractivity contribution in [2.24, 2.45) is 0 Å². The molecule has 1 heterocycles. The molecule has 21 heavy (non-hydrogen) atoms. The molecule has 112 valence electrons. The Kier molecular flexibility index (Phi) is 3.90. The van der Waals surface area contributed by atoms with Crippen LogP contribution in [0.5, 0.6) is 0 Å². The van der Waals surface area contributed by atoms with Crippen LogP contribution in [0.1, 0.15) is 24.8 Å². The standard InChI is InChI=1S/C16H19FN2O2/c17-13-3-1-2-12(10-13)4-7-15(20)18-8-9-19(14-5-6-14)16(21)11-18/h1-3,10,14H,4-9,11H2. The van der Waals surface area contributed by atoms with E-state index in [1.807, 2.05) is 11.0 Å². The summed E-state index contributed by atoms with van der Waals surface area (Å²) in [5, 5.41) is 0. The lowest BCUT2D eigenvalue weighted by atomic mass is 10.1. The molecule has 1 aliphatic carbocycles. The molecule has 0 spiro atoms. The Labute approximate surface area is 123 Å². The normalized spacial score (nSPS) is 19.0. The van der Waals surface area contributed by atoms with Crippen LogP contribution in [0.3, 0.4) is 0 Å². The number of hydrogen-bond acceptors (Lipinski definition) is 2. The maximum absolute atomic E-state index is 13.1. The van der Waals surface area contributed by atoms with E-state index in [9.17, 15) is 14.0 Å². The number of hydrogen-bond donors (Lipinski definition) is 0. The van der Waals surface area contributed by atoms with Gasteiger partial charge in [-0.1, -0.05) is 12.1 Å². The van der Waals surface area contributed by atoms with E-state index < -0.39 is 0 Å². The van der Waals surface area contributed by atoms with Crippen molar-refractivity contribution in [1.29, 1.82) is 0 Å². The first-order valence-corrected chi connectivity index (χ1v) is 7.45. The summed E-state index contributed by atoms with van der Waals surface area (Å²) in [5.41, 5.74) is 0.811. The molecule has 1 saturated heterocycles. The number of rotatable bonds is 4. The van der Waals surface area contributed by atoms with Crippen molar-refractivity contribution >= 4 is 11.8 Å². The summed E-state index contributed by atoms with van der Waals surface area (Å²) in [4.78, 5) is 27.7. The second-order valence-electron chi connectivity index (χ2n) is 5.76. The topological polar surface area (TPSA) is 40.6 Å². The Balaban J connectivity index is 1.50. The minimum atomic E-state index is -0.284. The number of carbonyl (C=O) groups excluding carboxylic acids is 2. The first-order valence-electron chi connectivity index (χ1n) is 7.45. The van der Waals surface area contributed by atoms with Crippen LogP contribution < -0.4 is 0 Å². The van der Waals surface area contributed by atoms with Gasteiger partial charge in [-0.25, -0.2) is 4.39 Å². The number of aryl methyl sites for hydroxylation is 1. The molecule has 0 atom stereocenters. The van der Waals surface area contributed by atoms with E-state index in [1.165, 1.54) is 12.1 Å². The lowest BCUT2D eigenvalue weighted by Crippen LogP contribution is -2.52. The van der Waals surface area contributed by atoms with Gasteiger partial charge in [-0.3, -0.25) is 9.59 Å². The molecule has 3 rings (SSSR count). The van der Waals surface area contributed by atoms with Gasteiger partial charge in [0.1, 0.15) is 5.82 Å². The van der Waals surface area contributed by atoms with E-state index in [0.717, 1.165) is 18.4 Å². The largest absolute Gasteiger partial charge is 0.336 e. The van der Waals surface area contributed by atoms with E-state index in [1.54, 1.807) is 11.0 Å². The van der Waals surface area contributed by atoms with E-state index >= 15 is 0 Å². The third-order valence-electron chi connectivity index (χ3n) is 4.11. The molecular weight excluding hydrogens is 271 g/mol. The molecule has 0 aromatic heterocycles. The predicted molar refractivity (Wildman–Crippen MR) is 76.0 cm³/mol. The van der Waals surface area contributed by atoms with Gasteiger partial charge in [0.2, 0.25) is 11.8 Å². The molecular formula is C16H19FN2O2. The molecule has 2 aliphatic rings. The zero-order valence-electron chi connectivity index (χ0n) is 11.9. The number of carbonyl (C=O) groups is 2. The van der Waals surface area contributed by atoms with Gasteiger partial charge in [0.05, 0.1) is 6.54 Å². The van der Waals surface area contributed by atoms with Gasteiger partial charge in [0.15, 0.2) is 0 Å². The second kappa shape index (κ2) is 5.84. The molecule has 2 amide bonds. The van der Waals surface area contributed by atoms with Gasteiger partial charge in [-0.2, -0.15) is 0 Å². The second-order valence-corrected chi connectivity index (χ2v) is 5.76. The van der Waals surface area contributed by atoms with Crippen LogP contribution >= 0.6 is 0 Å². The van der Waals surface area contributed by atoms with Crippen molar-refractivity contribution in [3.05, 3.63) is 35.6 Å². The third-order valence-corrected chi connectivity index (χ3v) is 4.11. The summed E-state index contributed by atoms with van der Waals surface area (Å²) >= 11 is 0. The number of nitrogens with zero attached hydrogens (tertiary/aromatic N) is 2. The molecule has 0 N–H and O–H groups in total. The van der Waals surface area contributed by atoms with Crippen molar-refractivity contribution in [2.75, 3.05) is 19.6 Å². The summed E-state index contributed by atoms with van der Waals surface area (Å²) in [7, 11) is 0. The first-order chi connectivity index (χ1) is 10.1. The molecule has 0 unspecified atom stereocenters. The van der Waals surface area contributed by atoms with Crippen LogP contribution in [0.4, 0.5) is 4.39 Å². The summed E-state index contributed by atoms with van der Waals surface area (Å²) in [6, 6.07) is 6.71. The first kappa shape index (κ1) is 14.0. The maximum Gasteiger partial charge on any atom is 0.242 e. The summed E-state index contributed by atoms with van der Waals surface area (Å²) in [6.45, 7) is 1.46. The SMILES string of the molecule is O=C(CCc1cccc(F)c1)N1CCN(C2CC2)C(=O)C1. The monoisotopic (exact) mass is 290 g/mol. The van der Waals surface area contributed by atoms with Crippen molar-refractivity contribution in [3.8, 4) is 0 Å². The van der Waals surface area contributed by atoms with Gasteiger partial charge >= 0.3 is 0 Å². The minimum absolute atomic E-state index is 0.0249. The van der Waals surface area contributed by atoms with Gasteiger partial charge in [-0.15, -0.1) is 0 Å². The number of piperazine rings is 1. The zero-order valence-corrected chi connectivity index (χ0v) is 11.9. The number of halogens is 1. The summed E-state index contributed by atoms with van der Waals surface area (Å²) in [6.07, 6.45) is 3.02. The Morgan fingerprint density at radius 3 is 2.76 bits per heavy atom. The van der Waals surface area contributed by atoms with E-state index in [2.05, 4.69) is 0 Å². The molecule has 0 bridgehead atoms. The van der Waals surface area contributed by atoms with Gasteiger partial charge in [0, 0.05) is 25.6 Å². The Morgan fingerprint density at radius 2 is 2.10 bits per heavy atom. The third kappa shape index (κ3) is 3.40. The average Bonchev–Trinajstić information content (AvgIpc) is 3.29. The van der Waals surface area contributed by atoms with Gasteiger partial charge in [-0.05, 0) is 37.0 Å². The van der Waals surface area contributed by atoms with Crippen LogP contribution in [0.15, 0.2) is 24.3 Å². The van der Waals surface area contributed by atoms with Crippen molar-refractivity contribution in [1.82, 2.24) is 9.80 Å². The highest BCUT2D eigenvalue weighted by atomic mass is 19.1. The van der Waals surface area contributed by atoms with E-state index in [-0.39, 0.29) is 24.2 Å². The molecule has 1 aliphatic heterocycles. The fourth-order valence-electron chi connectivity index (χ4n) is 2.77. The molecule has 0 radical (unpaired) electrons. The lowest BCUT2D eigenvalue weighted by molar-refractivity contribution is -0.145. The van der Waals surface area contributed by atoms with Crippen molar-refractivity contribution in [3.63, 3.8) is 0 Å². The highest BCUT2D eigenvalue weighted by Crippen LogP contribution is 2.28. The average molecular weight is 290 g/mol. The number of benzene rings is 1. The van der Waals surface area contributed by atoms with Gasteiger partial charge < -0.3 is 9.80 Å². The van der Waals surface area contributed by atoms with Crippen LogP contribution in [0.25, 0.3) is 0 Å². The van der Waals surface area contributed by atoms with Crippen LogP contribution in [0.2, 0.25) is 0 Å². The molecule has 1 aromatic rings. The van der Waals surface area contributed by atoms with Crippen molar-refractivity contribution < 1.29 is 14.0 Å². The van der Waals surface area contributed by atoms with Gasteiger partial charge in [0.25, 0.3) is 0 Å². The fourth-order valence-corrected chi connectivity index (χ4v) is 2.77. The van der Waals surface area contributed by atoms with E-state index in [0.29, 0.717) is 32.0 Å². The minimum Gasteiger partial charge on any atom is -0.336 e. The molecule has 4 nitrogen and oxygen atoms in total.